The topological polar surface area (TPSA) is 76.9 Å². The summed E-state index contributed by atoms with van der Waals surface area (Å²) in [5.74, 6) is 1.96. The van der Waals surface area contributed by atoms with Crippen LogP contribution in [0, 0.1) is 0 Å². The van der Waals surface area contributed by atoms with Gasteiger partial charge < -0.3 is 15.4 Å². The molecule has 0 aliphatic rings. The number of fused-ring (bicyclic) bond motifs is 1. The zero-order valence-corrected chi connectivity index (χ0v) is 16.2. The van der Waals surface area contributed by atoms with Gasteiger partial charge in [0, 0.05) is 24.3 Å². The fourth-order valence-corrected chi connectivity index (χ4v) is 3.03. The van der Waals surface area contributed by atoms with E-state index in [2.05, 4.69) is 25.7 Å². The molecule has 4 rings (SSSR count). The maximum atomic E-state index is 6.24. The molecule has 7 nitrogen and oxygen atoms in total. The highest BCUT2D eigenvalue weighted by atomic mass is 35.5. The van der Waals surface area contributed by atoms with E-state index in [9.17, 15) is 0 Å². The summed E-state index contributed by atoms with van der Waals surface area (Å²) >= 11 is 6.24. The highest BCUT2D eigenvalue weighted by Gasteiger charge is 2.12. The van der Waals surface area contributed by atoms with Gasteiger partial charge in [-0.15, -0.1) is 0 Å². The van der Waals surface area contributed by atoms with Crippen LogP contribution in [0.4, 0.5) is 17.5 Å². The number of ether oxygens (including phenoxy) is 1. The van der Waals surface area contributed by atoms with Crippen molar-refractivity contribution in [2.24, 2.45) is 7.05 Å². The van der Waals surface area contributed by atoms with E-state index in [0.29, 0.717) is 23.3 Å². The largest absolute Gasteiger partial charge is 0.497 e. The van der Waals surface area contributed by atoms with Crippen molar-refractivity contribution in [3.05, 3.63) is 65.3 Å². The van der Waals surface area contributed by atoms with E-state index in [0.717, 1.165) is 28.0 Å². The maximum absolute atomic E-state index is 6.24. The molecular weight excluding hydrogens is 376 g/mol. The predicted octanol–water partition coefficient (Wildman–Crippen LogP) is 4.38. The Bertz CT molecular complexity index is 1110. The van der Waals surface area contributed by atoms with Crippen LogP contribution >= 0.6 is 11.6 Å². The summed E-state index contributed by atoms with van der Waals surface area (Å²) in [6.45, 7) is 0.519. The van der Waals surface area contributed by atoms with Crippen molar-refractivity contribution >= 4 is 40.1 Å². The maximum Gasteiger partial charge on any atom is 0.227 e. The lowest BCUT2D eigenvalue weighted by Gasteiger charge is -2.11. The molecule has 4 aromatic rings. The van der Waals surface area contributed by atoms with Crippen molar-refractivity contribution in [1.82, 2.24) is 19.7 Å². The number of aromatic nitrogens is 4. The van der Waals surface area contributed by atoms with Crippen LogP contribution in [0.15, 0.2) is 54.7 Å². The van der Waals surface area contributed by atoms with Crippen molar-refractivity contribution < 1.29 is 4.74 Å². The summed E-state index contributed by atoms with van der Waals surface area (Å²) < 4.78 is 6.93. The molecule has 0 saturated carbocycles. The van der Waals surface area contributed by atoms with E-state index in [4.69, 9.17) is 16.3 Å². The Hall–Kier alpha value is -3.32. The molecule has 0 aliphatic carbocycles. The number of rotatable bonds is 6. The molecule has 0 unspecified atom stereocenters. The van der Waals surface area contributed by atoms with Gasteiger partial charge in [0.1, 0.15) is 11.6 Å². The minimum atomic E-state index is 0.493. The summed E-state index contributed by atoms with van der Waals surface area (Å²) in [4.78, 5) is 9.22. The number of methoxy groups -OCH3 is 1. The number of aryl methyl sites for hydroxylation is 1. The molecule has 0 fully saturated rings. The molecule has 0 saturated heterocycles. The van der Waals surface area contributed by atoms with Crippen LogP contribution in [0.2, 0.25) is 5.02 Å². The third-order valence-electron chi connectivity index (χ3n) is 4.34. The van der Waals surface area contributed by atoms with E-state index >= 15 is 0 Å². The molecule has 0 spiro atoms. The third-order valence-corrected chi connectivity index (χ3v) is 4.71. The van der Waals surface area contributed by atoms with E-state index < -0.39 is 0 Å². The molecule has 0 radical (unpaired) electrons. The van der Waals surface area contributed by atoms with Crippen LogP contribution in [-0.4, -0.2) is 26.9 Å². The minimum Gasteiger partial charge on any atom is -0.497 e. The van der Waals surface area contributed by atoms with Gasteiger partial charge in [0.25, 0.3) is 0 Å². The van der Waals surface area contributed by atoms with Gasteiger partial charge in [-0.3, -0.25) is 4.68 Å². The molecule has 0 aliphatic heterocycles. The van der Waals surface area contributed by atoms with Crippen LogP contribution < -0.4 is 15.4 Å². The predicted molar refractivity (Wildman–Crippen MR) is 111 cm³/mol. The van der Waals surface area contributed by atoms with E-state index in [1.165, 1.54) is 0 Å². The number of benzene rings is 2. The van der Waals surface area contributed by atoms with Crippen molar-refractivity contribution in [3.63, 3.8) is 0 Å². The fraction of sp³-hybridized carbons (Fsp3) is 0.150. The smallest absolute Gasteiger partial charge is 0.227 e. The van der Waals surface area contributed by atoms with Crippen LogP contribution in [0.5, 0.6) is 5.75 Å². The summed E-state index contributed by atoms with van der Waals surface area (Å²) in [5, 5.41) is 12.4. The number of hydrogen-bond donors (Lipinski definition) is 2. The summed E-state index contributed by atoms with van der Waals surface area (Å²) in [6.07, 6.45) is 1.75. The Balaban J connectivity index is 1.64. The van der Waals surface area contributed by atoms with Gasteiger partial charge in [-0.2, -0.15) is 15.1 Å². The Kier molecular flexibility index (Phi) is 4.99. The Labute approximate surface area is 167 Å². The second-order valence-corrected chi connectivity index (χ2v) is 6.61. The van der Waals surface area contributed by atoms with Crippen molar-refractivity contribution in [2.75, 3.05) is 17.7 Å². The van der Waals surface area contributed by atoms with E-state index in [1.807, 2.05) is 55.6 Å². The zero-order chi connectivity index (χ0) is 19.5. The average Bonchev–Trinajstić information content (AvgIpc) is 3.09. The van der Waals surface area contributed by atoms with Gasteiger partial charge in [0.15, 0.2) is 5.65 Å². The molecule has 0 bridgehead atoms. The fourth-order valence-electron chi connectivity index (χ4n) is 2.82. The zero-order valence-electron chi connectivity index (χ0n) is 15.5. The molecule has 0 amide bonds. The highest BCUT2D eigenvalue weighted by Crippen LogP contribution is 2.26. The molecule has 8 heteroatoms. The van der Waals surface area contributed by atoms with Crippen molar-refractivity contribution in [3.8, 4) is 5.75 Å². The van der Waals surface area contributed by atoms with Crippen molar-refractivity contribution in [1.29, 1.82) is 0 Å². The van der Waals surface area contributed by atoms with Crippen LogP contribution in [0.3, 0.4) is 0 Å². The second kappa shape index (κ2) is 7.74. The van der Waals surface area contributed by atoms with Gasteiger partial charge in [-0.25, -0.2) is 0 Å². The molecule has 2 aromatic carbocycles. The lowest BCUT2D eigenvalue weighted by Crippen LogP contribution is -2.07. The van der Waals surface area contributed by atoms with Gasteiger partial charge >= 0.3 is 0 Å². The first-order chi connectivity index (χ1) is 13.6. The highest BCUT2D eigenvalue weighted by molar-refractivity contribution is 6.31. The summed E-state index contributed by atoms with van der Waals surface area (Å²) in [6, 6.07) is 15.3. The normalized spacial score (nSPS) is 10.8. The number of hydrogen-bond acceptors (Lipinski definition) is 6. The Morgan fingerprint density at radius 2 is 1.86 bits per heavy atom. The molecule has 2 heterocycles. The first-order valence-electron chi connectivity index (χ1n) is 8.72. The monoisotopic (exact) mass is 394 g/mol. The molecular formula is C20H19ClN6O. The minimum absolute atomic E-state index is 0.493. The van der Waals surface area contributed by atoms with Crippen molar-refractivity contribution in [2.45, 2.75) is 6.54 Å². The number of anilines is 3. The first kappa shape index (κ1) is 18.1. The Morgan fingerprint density at radius 1 is 1.07 bits per heavy atom. The van der Waals surface area contributed by atoms with E-state index in [-0.39, 0.29) is 0 Å². The third kappa shape index (κ3) is 3.70. The lowest BCUT2D eigenvalue weighted by molar-refractivity contribution is 0.415. The second-order valence-electron chi connectivity index (χ2n) is 6.20. The van der Waals surface area contributed by atoms with Gasteiger partial charge in [-0.1, -0.05) is 29.8 Å². The van der Waals surface area contributed by atoms with E-state index in [1.54, 1.807) is 18.0 Å². The summed E-state index contributed by atoms with van der Waals surface area (Å²) in [7, 11) is 3.49. The van der Waals surface area contributed by atoms with Crippen LogP contribution in [0.25, 0.3) is 11.0 Å². The first-order valence-corrected chi connectivity index (χ1v) is 9.10. The van der Waals surface area contributed by atoms with Crippen LogP contribution in [-0.2, 0) is 13.6 Å². The van der Waals surface area contributed by atoms with Gasteiger partial charge in [0.2, 0.25) is 5.95 Å². The quantitative estimate of drug-likeness (QED) is 0.505. The molecule has 2 aromatic heterocycles. The summed E-state index contributed by atoms with van der Waals surface area (Å²) in [5.41, 5.74) is 2.59. The number of halogens is 1. The molecule has 142 valence electrons. The number of nitrogens with zero attached hydrogens (tertiary/aromatic N) is 4. The van der Waals surface area contributed by atoms with Gasteiger partial charge in [0.05, 0.1) is 18.7 Å². The van der Waals surface area contributed by atoms with Crippen LogP contribution in [0.1, 0.15) is 5.56 Å². The standard InChI is InChI=1S/C20H19ClN6O/c1-27-19-16(12-23-27)18(24-14-7-9-15(28-2)10-8-14)25-20(26-19)22-11-13-5-3-4-6-17(13)21/h3-10,12H,11H2,1-2H3,(H2,22,24,25,26). The number of nitrogens with one attached hydrogen (secondary N) is 2. The molecule has 28 heavy (non-hydrogen) atoms. The average molecular weight is 395 g/mol. The Morgan fingerprint density at radius 3 is 2.61 bits per heavy atom. The molecule has 2 N–H and O–H groups in total. The van der Waals surface area contributed by atoms with Gasteiger partial charge in [-0.05, 0) is 35.9 Å². The lowest BCUT2D eigenvalue weighted by atomic mass is 10.2. The molecule has 0 atom stereocenters. The SMILES string of the molecule is COc1ccc(Nc2nc(NCc3ccccc3Cl)nc3c2cnn3C)cc1.